The minimum absolute atomic E-state index is 0.00583. The molecule has 5 nitrogen and oxygen atoms in total. The van der Waals surface area contributed by atoms with Gasteiger partial charge in [-0.1, -0.05) is 0 Å². The molecule has 1 amide bonds. The van der Waals surface area contributed by atoms with Gasteiger partial charge in [0.1, 0.15) is 0 Å². The topological polar surface area (TPSA) is 96.4 Å². The average Bonchev–Trinajstić information content (AvgIpc) is 2.04. The van der Waals surface area contributed by atoms with Gasteiger partial charge < -0.3 is 15.8 Å². The summed E-state index contributed by atoms with van der Waals surface area (Å²) in [6.07, 6.45) is 1.29. The van der Waals surface area contributed by atoms with Gasteiger partial charge in [-0.25, -0.2) is 0 Å². The Labute approximate surface area is 69.0 Å². The molecule has 4 N–H and O–H groups in total. The van der Waals surface area contributed by atoms with Gasteiger partial charge in [0.2, 0.25) is 5.91 Å². The molecule has 0 aliphatic rings. The van der Waals surface area contributed by atoms with Crippen LogP contribution in [0.15, 0.2) is 18.3 Å². The molecule has 0 atom stereocenters. The van der Waals surface area contributed by atoms with E-state index in [1.54, 1.807) is 0 Å². The van der Waals surface area contributed by atoms with E-state index in [0.29, 0.717) is 0 Å². The van der Waals surface area contributed by atoms with Gasteiger partial charge in [-0.3, -0.25) is 9.78 Å². The lowest BCUT2D eigenvalue weighted by atomic mass is 9.85. The summed E-state index contributed by atoms with van der Waals surface area (Å²) >= 11 is 0. The fourth-order valence-corrected chi connectivity index (χ4v) is 0.743. The number of primary amides is 1. The molecule has 0 fully saturated rings. The first kappa shape index (κ1) is 8.70. The molecule has 1 heterocycles. The van der Waals surface area contributed by atoms with Crippen molar-refractivity contribution in [1.82, 2.24) is 4.98 Å². The predicted molar refractivity (Wildman–Crippen MR) is 42.6 cm³/mol. The Hall–Kier alpha value is -1.40. The van der Waals surface area contributed by atoms with Gasteiger partial charge in [0.15, 0.2) is 0 Å². The van der Waals surface area contributed by atoms with Crippen molar-refractivity contribution < 1.29 is 14.8 Å². The third-order valence-electron chi connectivity index (χ3n) is 1.33. The van der Waals surface area contributed by atoms with Gasteiger partial charge in [-0.05, 0) is 12.1 Å². The zero-order chi connectivity index (χ0) is 9.14. The van der Waals surface area contributed by atoms with E-state index in [0.717, 1.165) is 0 Å². The van der Waals surface area contributed by atoms with E-state index in [1.165, 1.54) is 18.3 Å². The van der Waals surface area contributed by atoms with Crippen molar-refractivity contribution in [2.45, 2.75) is 0 Å². The maximum absolute atomic E-state index is 10.6. The van der Waals surface area contributed by atoms with E-state index < -0.39 is 13.0 Å². The van der Waals surface area contributed by atoms with Gasteiger partial charge in [0.05, 0.1) is 5.59 Å². The Bertz CT molecular complexity index is 303. The highest BCUT2D eigenvalue weighted by molar-refractivity contribution is 6.57. The Morgan fingerprint density at radius 1 is 1.58 bits per heavy atom. The summed E-state index contributed by atoms with van der Waals surface area (Å²) in [6, 6.07) is 2.63. The van der Waals surface area contributed by atoms with Gasteiger partial charge in [-0.2, -0.15) is 0 Å². The molecule has 0 aromatic carbocycles. The van der Waals surface area contributed by atoms with E-state index in [1.807, 2.05) is 0 Å². The van der Waals surface area contributed by atoms with Crippen LogP contribution >= 0.6 is 0 Å². The molecule has 12 heavy (non-hydrogen) atoms. The molecule has 0 radical (unpaired) electrons. The summed E-state index contributed by atoms with van der Waals surface area (Å²) in [7, 11) is -1.68. The van der Waals surface area contributed by atoms with Crippen LogP contribution in [0.1, 0.15) is 10.4 Å². The quantitative estimate of drug-likeness (QED) is 0.436. The van der Waals surface area contributed by atoms with Gasteiger partial charge >= 0.3 is 7.12 Å². The Balaban J connectivity index is 3.04. The molecule has 0 bridgehead atoms. The van der Waals surface area contributed by atoms with Crippen molar-refractivity contribution in [2.24, 2.45) is 5.73 Å². The Morgan fingerprint density at radius 3 is 2.75 bits per heavy atom. The largest absolute Gasteiger partial charge is 0.508 e. The van der Waals surface area contributed by atoms with Crippen molar-refractivity contribution in [3.63, 3.8) is 0 Å². The number of aromatic nitrogens is 1. The van der Waals surface area contributed by atoms with Crippen LogP contribution < -0.4 is 11.3 Å². The smallest absolute Gasteiger partial charge is 0.422 e. The van der Waals surface area contributed by atoms with Crippen LogP contribution in [-0.4, -0.2) is 28.1 Å². The van der Waals surface area contributed by atoms with Gasteiger partial charge in [-0.15, -0.1) is 0 Å². The lowest BCUT2D eigenvalue weighted by Gasteiger charge is -1.99. The molecule has 0 aliphatic heterocycles. The van der Waals surface area contributed by atoms with Gasteiger partial charge in [0.25, 0.3) is 0 Å². The van der Waals surface area contributed by atoms with Crippen LogP contribution in [-0.2, 0) is 0 Å². The molecule has 1 aromatic rings. The van der Waals surface area contributed by atoms with Crippen LogP contribution in [0.3, 0.4) is 0 Å². The first-order chi connectivity index (χ1) is 5.61. The molecular formula is C6H7BN2O3. The number of nitrogens with two attached hydrogens (primary N) is 1. The molecular weight excluding hydrogens is 159 g/mol. The molecule has 62 valence electrons. The fraction of sp³-hybridized carbons (Fsp3) is 0. The normalized spacial score (nSPS) is 9.50. The molecule has 0 saturated heterocycles. The number of nitrogens with zero attached hydrogens (tertiary/aromatic N) is 1. The van der Waals surface area contributed by atoms with Crippen molar-refractivity contribution in [2.75, 3.05) is 0 Å². The Morgan fingerprint density at radius 2 is 2.25 bits per heavy atom. The summed E-state index contributed by atoms with van der Waals surface area (Å²) in [5, 5.41) is 17.3. The van der Waals surface area contributed by atoms with Crippen LogP contribution in [0.2, 0.25) is 0 Å². The number of carbonyl (C=O) groups is 1. The van der Waals surface area contributed by atoms with E-state index in [-0.39, 0.29) is 11.2 Å². The van der Waals surface area contributed by atoms with Gasteiger partial charge in [0, 0.05) is 11.8 Å². The maximum atomic E-state index is 10.6. The average molecular weight is 166 g/mol. The second kappa shape index (κ2) is 3.33. The summed E-state index contributed by atoms with van der Waals surface area (Å²) < 4.78 is 0. The number of amides is 1. The highest BCUT2D eigenvalue weighted by atomic mass is 16.4. The molecule has 0 aliphatic carbocycles. The van der Waals surface area contributed by atoms with Crippen LogP contribution in [0.5, 0.6) is 0 Å². The van der Waals surface area contributed by atoms with E-state index in [9.17, 15) is 4.79 Å². The molecule has 0 unspecified atom stereocenters. The predicted octanol–water partition coefficient (Wildman–Crippen LogP) is -2.14. The van der Waals surface area contributed by atoms with Crippen molar-refractivity contribution >= 4 is 18.6 Å². The number of hydrogen-bond acceptors (Lipinski definition) is 4. The summed E-state index contributed by atoms with van der Waals surface area (Å²) in [5.74, 6) is -0.626. The summed E-state index contributed by atoms with van der Waals surface area (Å²) in [4.78, 5) is 14.2. The molecule has 0 saturated carbocycles. The highest BCUT2D eigenvalue weighted by Gasteiger charge is 2.13. The molecule has 1 aromatic heterocycles. The van der Waals surface area contributed by atoms with Crippen LogP contribution in [0.4, 0.5) is 0 Å². The van der Waals surface area contributed by atoms with E-state index in [4.69, 9.17) is 15.8 Å². The molecule has 1 rings (SSSR count). The lowest BCUT2D eigenvalue weighted by molar-refractivity contribution is 0.100. The zero-order valence-corrected chi connectivity index (χ0v) is 6.14. The standard InChI is InChI=1S/C6H7BN2O3/c8-6(10)4-1-2-9-5(3-4)7(11)12/h1-3,11-12H,(H2,8,10). The number of carbonyl (C=O) groups excluding carboxylic acids is 1. The maximum Gasteiger partial charge on any atom is 0.508 e. The van der Waals surface area contributed by atoms with Crippen molar-refractivity contribution in [1.29, 1.82) is 0 Å². The summed E-state index contributed by atoms with van der Waals surface area (Å²) in [6.45, 7) is 0. The highest BCUT2D eigenvalue weighted by Crippen LogP contribution is 1.92. The monoisotopic (exact) mass is 166 g/mol. The SMILES string of the molecule is NC(=O)c1ccnc(B(O)O)c1. The number of hydrogen-bond donors (Lipinski definition) is 3. The Kier molecular flexibility index (Phi) is 2.42. The van der Waals surface area contributed by atoms with Crippen LogP contribution in [0.25, 0.3) is 0 Å². The molecule has 0 spiro atoms. The first-order valence-corrected chi connectivity index (χ1v) is 3.23. The van der Waals surface area contributed by atoms with Crippen molar-refractivity contribution in [3.05, 3.63) is 23.9 Å². The number of rotatable bonds is 2. The molecule has 6 heteroatoms. The first-order valence-electron chi connectivity index (χ1n) is 3.23. The minimum Gasteiger partial charge on any atom is -0.422 e. The van der Waals surface area contributed by atoms with Crippen LogP contribution in [0, 0.1) is 0 Å². The fourth-order valence-electron chi connectivity index (χ4n) is 0.743. The second-order valence-electron chi connectivity index (χ2n) is 2.21. The van der Waals surface area contributed by atoms with Crippen molar-refractivity contribution in [3.8, 4) is 0 Å². The van der Waals surface area contributed by atoms with E-state index >= 15 is 0 Å². The second-order valence-corrected chi connectivity index (χ2v) is 2.21. The minimum atomic E-state index is -1.68. The van der Waals surface area contributed by atoms with E-state index in [2.05, 4.69) is 4.98 Å². The third-order valence-corrected chi connectivity index (χ3v) is 1.33. The third kappa shape index (κ3) is 1.80. The zero-order valence-electron chi connectivity index (χ0n) is 6.14. The summed E-state index contributed by atoms with van der Waals surface area (Å²) in [5.41, 5.74) is 5.16. The number of pyridine rings is 1. The lowest BCUT2D eigenvalue weighted by Crippen LogP contribution is -2.33.